The van der Waals surface area contributed by atoms with Gasteiger partial charge in [0.25, 0.3) is 0 Å². The quantitative estimate of drug-likeness (QED) is 0.520. The fourth-order valence-corrected chi connectivity index (χ4v) is 0.828. The van der Waals surface area contributed by atoms with E-state index in [1.54, 1.807) is 24.3 Å². The van der Waals surface area contributed by atoms with Gasteiger partial charge in [-0.25, -0.2) is 4.79 Å². The van der Waals surface area contributed by atoms with Crippen LogP contribution in [-0.4, -0.2) is 12.1 Å². The zero-order chi connectivity index (χ0) is 9.68. The number of hydrogen-bond acceptors (Lipinski definition) is 2. The maximum absolute atomic E-state index is 11.3. The summed E-state index contributed by atoms with van der Waals surface area (Å²) in [5.74, 6) is -0.375. The molecule has 0 aliphatic heterocycles. The fourth-order valence-electron chi connectivity index (χ4n) is 0.828. The van der Waals surface area contributed by atoms with Gasteiger partial charge in [0.2, 0.25) is 0 Å². The lowest BCUT2D eigenvalue weighted by Crippen LogP contribution is -2.12. The minimum Gasteiger partial charge on any atom is -0.455 e. The van der Waals surface area contributed by atoms with Crippen molar-refractivity contribution in [1.82, 2.24) is 0 Å². The molecule has 0 spiro atoms. The number of ether oxygens (including phenoxy) is 1. The summed E-state index contributed by atoms with van der Waals surface area (Å²) in [5.41, 5.74) is 0.526. The van der Waals surface area contributed by atoms with Crippen molar-refractivity contribution in [1.29, 1.82) is 0 Å². The molecule has 0 fully saturated rings. The lowest BCUT2D eigenvalue weighted by molar-refractivity contribution is 0.0460. The van der Waals surface area contributed by atoms with Crippen molar-refractivity contribution in [2.45, 2.75) is 6.10 Å². The van der Waals surface area contributed by atoms with Crippen LogP contribution >= 0.6 is 0 Å². The summed E-state index contributed by atoms with van der Waals surface area (Å²) in [6, 6.07) is 8.79. The predicted molar refractivity (Wildman–Crippen MR) is 51.2 cm³/mol. The summed E-state index contributed by atoms with van der Waals surface area (Å²) >= 11 is 0. The summed E-state index contributed by atoms with van der Waals surface area (Å²) in [4.78, 5) is 11.3. The molecular formula is C11H11O2. The van der Waals surface area contributed by atoms with Gasteiger partial charge in [0.05, 0.1) is 5.56 Å². The van der Waals surface area contributed by atoms with Crippen LogP contribution in [0.25, 0.3) is 0 Å². The number of benzene rings is 1. The Morgan fingerprint density at radius 2 is 2.00 bits per heavy atom. The second-order valence-corrected chi connectivity index (χ2v) is 2.55. The van der Waals surface area contributed by atoms with Gasteiger partial charge in [-0.05, 0) is 19.1 Å². The van der Waals surface area contributed by atoms with E-state index in [0.717, 1.165) is 0 Å². The molecule has 1 aromatic carbocycles. The Bertz CT molecular complexity index is 290. The van der Waals surface area contributed by atoms with Gasteiger partial charge in [0.15, 0.2) is 0 Å². The number of carbonyl (C=O) groups excluding carboxylic acids is 1. The van der Waals surface area contributed by atoms with Crippen LogP contribution < -0.4 is 0 Å². The minimum atomic E-state index is -0.493. The fraction of sp³-hybridized carbons (Fsp3) is 0.0909. The van der Waals surface area contributed by atoms with Gasteiger partial charge in [-0.1, -0.05) is 30.9 Å². The van der Waals surface area contributed by atoms with E-state index in [0.29, 0.717) is 5.56 Å². The zero-order valence-electron chi connectivity index (χ0n) is 7.27. The molecule has 0 aliphatic rings. The zero-order valence-corrected chi connectivity index (χ0v) is 7.27. The van der Waals surface area contributed by atoms with E-state index in [1.165, 1.54) is 6.08 Å². The molecule has 0 N–H and O–H groups in total. The minimum absolute atomic E-state index is 0.375. The predicted octanol–water partition coefficient (Wildman–Crippen LogP) is 2.23. The smallest absolute Gasteiger partial charge is 0.338 e. The molecule has 1 atom stereocenters. The van der Waals surface area contributed by atoms with Gasteiger partial charge in [0.1, 0.15) is 6.10 Å². The van der Waals surface area contributed by atoms with Crippen molar-refractivity contribution < 1.29 is 9.53 Å². The van der Waals surface area contributed by atoms with Gasteiger partial charge in [-0.15, -0.1) is 0 Å². The highest BCUT2D eigenvalue weighted by Crippen LogP contribution is 2.03. The van der Waals surface area contributed by atoms with Crippen LogP contribution in [0.3, 0.4) is 0 Å². The van der Waals surface area contributed by atoms with Crippen LogP contribution in [0, 0.1) is 6.92 Å². The first-order valence-corrected chi connectivity index (χ1v) is 3.95. The maximum atomic E-state index is 11.3. The summed E-state index contributed by atoms with van der Waals surface area (Å²) in [5, 5.41) is 0. The molecule has 1 rings (SSSR count). The van der Waals surface area contributed by atoms with Crippen molar-refractivity contribution in [3.8, 4) is 0 Å². The molecule has 0 saturated carbocycles. The topological polar surface area (TPSA) is 26.3 Å². The third-order valence-electron chi connectivity index (χ3n) is 1.53. The van der Waals surface area contributed by atoms with Crippen molar-refractivity contribution in [2.75, 3.05) is 0 Å². The Hall–Kier alpha value is -1.57. The number of carbonyl (C=O) groups is 1. The van der Waals surface area contributed by atoms with Crippen LogP contribution in [0.2, 0.25) is 0 Å². The molecule has 1 unspecified atom stereocenters. The molecule has 2 heteroatoms. The molecule has 0 aliphatic carbocycles. The van der Waals surface area contributed by atoms with E-state index in [-0.39, 0.29) is 5.97 Å². The molecule has 0 heterocycles. The van der Waals surface area contributed by atoms with Crippen molar-refractivity contribution in [3.63, 3.8) is 0 Å². The van der Waals surface area contributed by atoms with Crippen molar-refractivity contribution >= 4 is 5.97 Å². The van der Waals surface area contributed by atoms with E-state index in [4.69, 9.17) is 4.74 Å². The van der Waals surface area contributed by atoms with Crippen LogP contribution in [0.1, 0.15) is 10.4 Å². The van der Waals surface area contributed by atoms with Gasteiger partial charge >= 0.3 is 5.97 Å². The average Bonchev–Trinajstić information content (AvgIpc) is 2.19. The van der Waals surface area contributed by atoms with Crippen LogP contribution in [-0.2, 0) is 4.74 Å². The van der Waals surface area contributed by atoms with Crippen LogP contribution in [0.5, 0.6) is 0 Å². The lowest BCUT2D eigenvalue weighted by Gasteiger charge is -2.07. The van der Waals surface area contributed by atoms with Crippen molar-refractivity contribution in [2.24, 2.45) is 0 Å². The monoisotopic (exact) mass is 175 g/mol. The Balaban J connectivity index is 2.64. The summed E-state index contributed by atoms with van der Waals surface area (Å²) in [7, 11) is 0. The van der Waals surface area contributed by atoms with Crippen LogP contribution in [0.15, 0.2) is 43.0 Å². The molecule has 1 radical (unpaired) electrons. The molecule has 67 valence electrons. The third-order valence-corrected chi connectivity index (χ3v) is 1.53. The second kappa shape index (κ2) is 4.45. The van der Waals surface area contributed by atoms with E-state index in [9.17, 15) is 4.79 Å². The van der Waals surface area contributed by atoms with Gasteiger partial charge < -0.3 is 4.74 Å². The first-order chi connectivity index (χ1) is 6.24. The average molecular weight is 175 g/mol. The van der Waals surface area contributed by atoms with Gasteiger partial charge in [-0.3, -0.25) is 0 Å². The number of rotatable bonds is 3. The van der Waals surface area contributed by atoms with Gasteiger partial charge in [-0.2, -0.15) is 0 Å². The van der Waals surface area contributed by atoms with E-state index in [2.05, 4.69) is 13.5 Å². The highest BCUT2D eigenvalue weighted by molar-refractivity contribution is 5.89. The standard InChI is InChI=1S/C11H11O2/c1-3-9(2)13-11(12)10-7-5-4-6-8-10/h3-9H,1-2H2. The molecule has 0 aromatic heterocycles. The Kier molecular flexibility index (Phi) is 3.26. The molecular weight excluding hydrogens is 164 g/mol. The highest BCUT2D eigenvalue weighted by Gasteiger charge is 2.07. The number of hydrogen-bond donors (Lipinski definition) is 0. The van der Waals surface area contributed by atoms with E-state index < -0.39 is 6.10 Å². The normalized spacial score (nSPS) is 11.8. The summed E-state index contributed by atoms with van der Waals surface area (Å²) in [6.07, 6.45) is 0.980. The summed E-state index contributed by atoms with van der Waals surface area (Å²) in [6.45, 7) is 7.03. The van der Waals surface area contributed by atoms with Crippen LogP contribution in [0.4, 0.5) is 0 Å². The van der Waals surface area contributed by atoms with Crippen molar-refractivity contribution in [3.05, 3.63) is 55.5 Å². The Labute approximate surface area is 77.8 Å². The molecule has 1 aromatic rings. The lowest BCUT2D eigenvalue weighted by atomic mass is 10.2. The summed E-state index contributed by atoms with van der Waals surface area (Å²) < 4.78 is 4.92. The highest BCUT2D eigenvalue weighted by atomic mass is 16.5. The largest absolute Gasteiger partial charge is 0.455 e. The SMILES string of the molecule is [CH2]C(C=C)OC(=O)c1ccccc1. The molecule has 2 nitrogen and oxygen atoms in total. The van der Waals surface area contributed by atoms with E-state index in [1.807, 2.05) is 6.07 Å². The molecule has 0 bridgehead atoms. The Morgan fingerprint density at radius 1 is 1.38 bits per heavy atom. The molecule has 0 amide bonds. The Morgan fingerprint density at radius 3 is 2.54 bits per heavy atom. The third kappa shape index (κ3) is 2.75. The number of esters is 1. The molecule has 0 saturated heterocycles. The first-order valence-electron chi connectivity index (χ1n) is 3.95. The molecule has 13 heavy (non-hydrogen) atoms. The van der Waals surface area contributed by atoms with E-state index >= 15 is 0 Å². The first kappa shape index (κ1) is 9.52. The second-order valence-electron chi connectivity index (χ2n) is 2.55. The van der Waals surface area contributed by atoms with Gasteiger partial charge in [0, 0.05) is 0 Å². The maximum Gasteiger partial charge on any atom is 0.338 e.